The molecule has 1 aromatic carbocycles. The molecule has 2 rings (SSSR count). The second kappa shape index (κ2) is 4.22. The molecule has 0 radical (unpaired) electrons. The highest BCUT2D eigenvalue weighted by Crippen LogP contribution is 2.47. The third-order valence-electron chi connectivity index (χ3n) is 3.44. The molecule has 0 amide bonds. The molecule has 0 heterocycles. The Morgan fingerprint density at radius 3 is 2.59 bits per heavy atom. The highest BCUT2D eigenvalue weighted by molar-refractivity contribution is 5.51. The number of phenols is 1. The summed E-state index contributed by atoms with van der Waals surface area (Å²) >= 11 is 0. The molecule has 0 bridgehead atoms. The number of methoxy groups -OCH3 is 1. The van der Waals surface area contributed by atoms with Crippen LogP contribution < -0.4 is 4.74 Å². The molecule has 0 unspecified atom stereocenters. The summed E-state index contributed by atoms with van der Waals surface area (Å²) in [5.74, 6) is 0.563. The summed E-state index contributed by atoms with van der Waals surface area (Å²) in [6.45, 7) is 1.86. The number of aromatic hydroxyl groups is 1. The molecule has 17 heavy (non-hydrogen) atoms. The second-order valence-electron chi connectivity index (χ2n) is 4.43. The Balaban J connectivity index is 2.49. The summed E-state index contributed by atoms with van der Waals surface area (Å²) < 4.78 is 5.10. The lowest BCUT2D eigenvalue weighted by Crippen LogP contribution is -2.31. The minimum Gasteiger partial charge on any atom is -0.504 e. The maximum Gasteiger partial charge on any atom is 0.235 e. The predicted octanol–water partition coefficient (Wildman–Crippen LogP) is 2.42. The van der Waals surface area contributed by atoms with E-state index in [4.69, 9.17) is 4.74 Å². The summed E-state index contributed by atoms with van der Waals surface area (Å²) in [7, 11) is 1.52. The summed E-state index contributed by atoms with van der Waals surface area (Å²) in [6, 6.07) is 3.55. The zero-order valence-electron chi connectivity index (χ0n) is 9.99. The summed E-state index contributed by atoms with van der Waals surface area (Å²) in [5, 5.41) is 9.86. The van der Waals surface area contributed by atoms with Crippen molar-refractivity contribution in [2.45, 2.75) is 31.7 Å². The number of aryl methyl sites for hydroxylation is 1. The Labute approximate surface area is 99.9 Å². The molecule has 0 aliphatic heterocycles. The van der Waals surface area contributed by atoms with Crippen LogP contribution in [-0.4, -0.2) is 18.3 Å². The van der Waals surface area contributed by atoms with Crippen LogP contribution in [0.2, 0.25) is 0 Å². The topological polar surface area (TPSA) is 58.9 Å². The van der Waals surface area contributed by atoms with Crippen LogP contribution in [-0.2, 0) is 10.3 Å². The molecule has 1 aromatic rings. The Kier molecular flexibility index (Phi) is 2.90. The quantitative estimate of drug-likeness (QED) is 0.644. The maximum absolute atomic E-state index is 10.5. The van der Waals surface area contributed by atoms with E-state index in [1.807, 2.05) is 13.0 Å². The molecule has 1 saturated carbocycles. The predicted molar refractivity (Wildman–Crippen MR) is 63.0 cm³/mol. The van der Waals surface area contributed by atoms with E-state index in [9.17, 15) is 9.90 Å². The van der Waals surface area contributed by atoms with Crippen LogP contribution >= 0.6 is 0 Å². The number of hydrogen-bond acceptors (Lipinski definition) is 4. The van der Waals surface area contributed by atoms with E-state index < -0.39 is 5.54 Å². The van der Waals surface area contributed by atoms with Gasteiger partial charge in [0.05, 0.1) is 12.6 Å². The first-order valence-corrected chi connectivity index (χ1v) is 5.60. The van der Waals surface area contributed by atoms with E-state index >= 15 is 0 Å². The molecule has 0 saturated heterocycles. The van der Waals surface area contributed by atoms with Crippen molar-refractivity contribution in [3.63, 3.8) is 0 Å². The molecular weight excluding hydrogens is 218 g/mol. The van der Waals surface area contributed by atoms with Crippen molar-refractivity contribution in [3.05, 3.63) is 23.3 Å². The van der Waals surface area contributed by atoms with Crippen molar-refractivity contribution in [3.8, 4) is 11.5 Å². The normalized spacial score (nSPS) is 16.8. The summed E-state index contributed by atoms with van der Waals surface area (Å²) in [6.07, 6.45) is 4.33. The number of aliphatic imine (C=N–C) groups is 1. The van der Waals surface area contributed by atoms with Crippen molar-refractivity contribution in [1.29, 1.82) is 0 Å². The van der Waals surface area contributed by atoms with Crippen molar-refractivity contribution in [1.82, 2.24) is 0 Å². The molecule has 1 N–H and O–H groups in total. The monoisotopic (exact) mass is 233 g/mol. The lowest BCUT2D eigenvalue weighted by atomic mass is 9.72. The molecule has 90 valence electrons. The minimum atomic E-state index is -0.476. The molecule has 0 spiro atoms. The highest BCUT2D eigenvalue weighted by atomic mass is 16.5. The van der Waals surface area contributed by atoms with E-state index in [2.05, 4.69) is 4.99 Å². The highest BCUT2D eigenvalue weighted by Gasteiger charge is 2.39. The van der Waals surface area contributed by atoms with Gasteiger partial charge in [0.2, 0.25) is 6.08 Å². The average molecular weight is 233 g/mol. The summed E-state index contributed by atoms with van der Waals surface area (Å²) in [4.78, 5) is 14.4. The number of hydrogen-bond donors (Lipinski definition) is 1. The number of rotatable bonds is 3. The SMILES string of the molecule is COc1c(C)cc(C2(N=C=O)CCC2)cc1O. The molecule has 0 aromatic heterocycles. The molecule has 4 heteroatoms. The number of phenolic OH excluding ortho intramolecular Hbond substituents is 1. The van der Waals surface area contributed by atoms with Gasteiger partial charge in [-0.05, 0) is 49.4 Å². The van der Waals surface area contributed by atoms with Crippen molar-refractivity contribution >= 4 is 6.08 Å². The maximum atomic E-state index is 10.5. The van der Waals surface area contributed by atoms with Gasteiger partial charge >= 0.3 is 0 Å². The zero-order valence-corrected chi connectivity index (χ0v) is 9.99. The van der Waals surface area contributed by atoms with Crippen LogP contribution in [0.25, 0.3) is 0 Å². The average Bonchev–Trinajstić information content (AvgIpc) is 2.23. The third kappa shape index (κ3) is 1.81. The van der Waals surface area contributed by atoms with Gasteiger partial charge in [-0.15, -0.1) is 0 Å². The van der Waals surface area contributed by atoms with Gasteiger partial charge in [0, 0.05) is 0 Å². The fraction of sp³-hybridized carbons (Fsp3) is 0.462. The fourth-order valence-electron chi connectivity index (χ4n) is 2.35. The van der Waals surface area contributed by atoms with Crippen molar-refractivity contribution in [2.75, 3.05) is 7.11 Å². The number of benzene rings is 1. The van der Waals surface area contributed by atoms with E-state index in [1.165, 1.54) is 7.11 Å². The van der Waals surface area contributed by atoms with Crippen molar-refractivity contribution < 1.29 is 14.6 Å². The molecule has 1 aliphatic rings. The van der Waals surface area contributed by atoms with Crippen LogP contribution in [0, 0.1) is 6.92 Å². The van der Waals surface area contributed by atoms with Gasteiger partial charge in [0.15, 0.2) is 11.5 Å². The second-order valence-corrected chi connectivity index (χ2v) is 4.43. The Hall–Kier alpha value is -1.80. The zero-order chi connectivity index (χ0) is 12.5. The van der Waals surface area contributed by atoms with E-state index in [-0.39, 0.29) is 5.75 Å². The van der Waals surface area contributed by atoms with Crippen LogP contribution in [0.1, 0.15) is 30.4 Å². The first-order valence-electron chi connectivity index (χ1n) is 5.60. The standard InChI is InChI=1S/C13H15NO3/c1-9-6-10(7-11(16)12(9)17-2)13(14-8-15)4-3-5-13/h6-7,16H,3-5H2,1-2H3. The molecular formula is C13H15NO3. The van der Waals surface area contributed by atoms with Crippen LogP contribution in [0.15, 0.2) is 17.1 Å². The molecule has 1 fully saturated rings. The van der Waals surface area contributed by atoms with Crippen LogP contribution in [0.3, 0.4) is 0 Å². The summed E-state index contributed by atoms with van der Waals surface area (Å²) in [5.41, 5.74) is 1.23. The lowest BCUT2D eigenvalue weighted by molar-refractivity contribution is 0.254. The first-order chi connectivity index (χ1) is 8.13. The van der Waals surface area contributed by atoms with E-state index in [0.29, 0.717) is 5.75 Å². The first kappa shape index (κ1) is 11.7. The van der Waals surface area contributed by atoms with Gasteiger partial charge in [0.1, 0.15) is 0 Å². The smallest absolute Gasteiger partial charge is 0.235 e. The fourth-order valence-corrected chi connectivity index (χ4v) is 2.35. The Morgan fingerprint density at radius 2 is 2.18 bits per heavy atom. The molecule has 4 nitrogen and oxygen atoms in total. The van der Waals surface area contributed by atoms with Crippen LogP contribution in [0.5, 0.6) is 11.5 Å². The van der Waals surface area contributed by atoms with Gasteiger partial charge in [0.25, 0.3) is 0 Å². The van der Waals surface area contributed by atoms with Gasteiger partial charge in [-0.1, -0.05) is 0 Å². The Bertz CT molecular complexity index is 462. The number of isocyanates is 1. The third-order valence-corrected chi connectivity index (χ3v) is 3.44. The lowest BCUT2D eigenvalue weighted by Gasteiger charge is -2.37. The van der Waals surface area contributed by atoms with Gasteiger partial charge < -0.3 is 9.84 Å². The minimum absolute atomic E-state index is 0.0925. The largest absolute Gasteiger partial charge is 0.504 e. The van der Waals surface area contributed by atoms with Gasteiger partial charge in [-0.25, -0.2) is 4.79 Å². The number of ether oxygens (including phenoxy) is 1. The van der Waals surface area contributed by atoms with Crippen LogP contribution in [0.4, 0.5) is 0 Å². The number of carbonyl (C=O) groups excluding carboxylic acids is 1. The van der Waals surface area contributed by atoms with Gasteiger partial charge in [-0.3, -0.25) is 0 Å². The Morgan fingerprint density at radius 1 is 1.47 bits per heavy atom. The van der Waals surface area contributed by atoms with E-state index in [1.54, 1.807) is 12.1 Å². The molecule has 1 aliphatic carbocycles. The molecule has 0 atom stereocenters. The van der Waals surface area contributed by atoms with E-state index in [0.717, 1.165) is 30.4 Å². The number of nitrogens with zero attached hydrogens (tertiary/aromatic N) is 1. The van der Waals surface area contributed by atoms with Crippen molar-refractivity contribution in [2.24, 2.45) is 4.99 Å². The van der Waals surface area contributed by atoms with Gasteiger partial charge in [-0.2, -0.15) is 4.99 Å².